The van der Waals surface area contributed by atoms with Crippen molar-refractivity contribution in [1.29, 1.82) is 0 Å². The van der Waals surface area contributed by atoms with E-state index in [1.54, 1.807) is 0 Å². The Hall–Kier alpha value is -3.29. The van der Waals surface area contributed by atoms with Gasteiger partial charge in [-0.05, 0) is 48.2 Å². The van der Waals surface area contributed by atoms with Gasteiger partial charge in [-0.1, -0.05) is 47.6 Å². The second kappa shape index (κ2) is 9.46. The molecule has 0 saturated heterocycles. The first-order valence-corrected chi connectivity index (χ1v) is 11.6. The first kappa shape index (κ1) is 20.6. The van der Waals surface area contributed by atoms with Gasteiger partial charge in [-0.3, -0.25) is 9.69 Å². The summed E-state index contributed by atoms with van der Waals surface area (Å²) in [6.07, 6.45) is 2.03. The molecule has 5 rings (SSSR count). The fraction of sp³-hybridized carbons (Fsp3) is 0.240. The Morgan fingerprint density at radius 3 is 2.72 bits per heavy atom. The highest BCUT2D eigenvalue weighted by Gasteiger charge is 2.17. The zero-order chi connectivity index (χ0) is 21.8. The Morgan fingerprint density at radius 1 is 1.03 bits per heavy atom. The van der Waals surface area contributed by atoms with Gasteiger partial charge in [0, 0.05) is 31.7 Å². The van der Waals surface area contributed by atoms with Gasteiger partial charge in [-0.2, -0.15) is 4.98 Å². The molecular formula is C25H24N4O2S. The minimum absolute atomic E-state index is 0.0583. The molecule has 4 aromatic rings. The van der Waals surface area contributed by atoms with E-state index in [2.05, 4.69) is 44.6 Å². The molecule has 1 aliphatic heterocycles. The third kappa shape index (κ3) is 4.64. The van der Waals surface area contributed by atoms with Gasteiger partial charge in [0.05, 0.1) is 9.75 Å². The maximum absolute atomic E-state index is 12.6. The van der Waals surface area contributed by atoms with Crippen molar-refractivity contribution in [2.75, 3.05) is 19.6 Å². The van der Waals surface area contributed by atoms with Crippen LogP contribution >= 0.6 is 11.3 Å². The van der Waals surface area contributed by atoms with Gasteiger partial charge in [-0.15, -0.1) is 11.3 Å². The Kier molecular flexibility index (Phi) is 6.09. The molecule has 2 aromatic carbocycles. The Labute approximate surface area is 190 Å². The molecule has 1 amide bonds. The van der Waals surface area contributed by atoms with Crippen molar-refractivity contribution in [3.8, 4) is 22.2 Å². The molecule has 0 atom stereocenters. The number of fused-ring (bicyclic) bond motifs is 1. The minimum atomic E-state index is -0.0583. The average molecular weight is 445 g/mol. The number of aromatic nitrogens is 2. The van der Waals surface area contributed by atoms with Gasteiger partial charge < -0.3 is 9.84 Å². The van der Waals surface area contributed by atoms with Crippen molar-refractivity contribution in [2.45, 2.75) is 19.4 Å². The van der Waals surface area contributed by atoms with Crippen molar-refractivity contribution in [3.63, 3.8) is 0 Å². The second-order valence-corrected chi connectivity index (χ2v) is 8.94. The number of carbonyl (C=O) groups is 1. The summed E-state index contributed by atoms with van der Waals surface area (Å²) in [5, 5.41) is 7.10. The van der Waals surface area contributed by atoms with E-state index in [1.165, 1.54) is 22.5 Å². The van der Waals surface area contributed by atoms with Gasteiger partial charge in [0.2, 0.25) is 5.82 Å². The molecule has 0 bridgehead atoms. The first-order valence-electron chi connectivity index (χ1n) is 10.8. The number of nitrogens with zero attached hydrogens (tertiary/aromatic N) is 3. The molecule has 3 heterocycles. The van der Waals surface area contributed by atoms with Crippen LogP contribution in [0.5, 0.6) is 0 Å². The molecule has 7 heteroatoms. The van der Waals surface area contributed by atoms with E-state index in [9.17, 15) is 4.79 Å². The molecular weight excluding hydrogens is 420 g/mol. The van der Waals surface area contributed by atoms with Gasteiger partial charge in [0.25, 0.3) is 11.8 Å². The molecule has 0 saturated carbocycles. The van der Waals surface area contributed by atoms with E-state index in [0.717, 1.165) is 42.9 Å². The molecule has 0 fully saturated rings. The van der Waals surface area contributed by atoms with E-state index in [0.29, 0.717) is 23.1 Å². The Morgan fingerprint density at radius 2 is 1.84 bits per heavy atom. The molecule has 32 heavy (non-hydrogen) atoms. The van der Waals surface area contributed by atoms with Crippen LogP contribution in [-0.2, 0) is 13.0 Å². The van der Waals surface area contributed by atoms with Gasteiger partial charge in [0.15, 0.2) is 0 Å². The molecule has 1 aliphatic rings. The van der Waals surface area contributed by atoms with Gasteiger partial charge in [-0.25, -0.2) is 0 Å². The highest BCUT2D eigenvalue weighted by Crippen LogP contribution is 2.28. The van der Waals surface area contributed by atoms with Crippen molar-refractivity contribution < 1.29 is 9.32 Å². The van der Waals surface area contributed by atoms with Crippen LogP contribution in [0.15, 0.2) is 71.3 Å². The molecule has 0 unspecified atom stereocenters. The molecule has 0 radical (unpaired) electrons. The van der Waals surface area contributed by atoms with Crippen molar-refractivity contribution in [1.82, 2.24) is 20.4 Å². The average Bonchev–Trinajstić information content (AvgIpc) is 3.52. The number of amides is 1. The standard InChI is InChI=1S/C25H24N4O2S/c30-24(26-14-6-15-29-16-13-18-7-4-5-10-20(18)17-29)22-12-11-21(32-22)23-27-25(31-28-23)19-8-2-1-3-9-19/h1-5,7-12H,6,13-17H2,(H,26,30). The molecule has 162 valence electrons. The fourth-order valence-electron chi connectivity index (χ4n) is 3.94. The maximum Gasteiger partial charge on any atom is 0.261 e. The SMILES string of the molecule is O=C(NCCCN1CCc2ccccc2C1)c1ccc(-c2noc(-c3ccccc3)n2)s1. The van der Waals surface area contributed by atoms with E-state index >= 15 is 0 Å². The van der Waals surface area contributed by atoms with Crippen LogP contribution in [-0.4, -0.2) is 40.6 Å². The first-order chi connectivity index (χ1) is 15.8. The topological polar surface area (TPSA) is 71.3 Å². The number of hydrogen-bond donors (Lipinski definition) is 1. The minimum Gasteiger partial charge on any atom is -0.351 e. The lowest BCUT2D eigenvalue weighted by Crippen LogP contribution is -2.33. The highest BCUT2D eigenvalue weighted by molar-refractivity contribution is 7.17. The van der Waals surface area contributed by atoms with Crippen molar-refractivity contribution in [2.24, 2.45) is 0 Å². The third-order valence-electron chi connectivity index (χ3n) is 5.64. The van der Waals surface area contributed by atoms with E-state index < -0.39 is 0 Å². The van der Waals surface area contributed by atoms with Crippen LogP contribution in [0.2, 0.25) is 0 Å². The van der Waals surface area contributed by atoms with Crippen LogP contribution in [0, 0.1) is 0 Å². The monoisotopic (exact) mass is 444 g/mol. The number of thiophene rings is 1. The van der Waals surface area contributed by atoms with Crippen LogP contribution in [0.3, 0.4) is 0 Å². The number of nitrogens with one attached hydrogen (secondary N) is 1. The molecule has 6 nitrogen and oxygen atoms in total. The normalized spacial score (nSPS) is 13.6. The maximum atomic E-state index is 12.6. The summed E-state index contributed by atoms with van der Waals surface area (Å²) in [4.78, 5) is 20.9. The number of rotatable bonds is 7. The number of benzene rings is 2. The number of carbonyl (C=O) groups excluding carboxylic acids is 1. The quantitative estimate of drug-likeness (QED) is 0.421. The summed E-state index contributed by atoms with van der Waals surface area (Å²) in [7, 11) is 0. The number of hydrogen-bond acceptors (Lipinski definition) is 6. The second-order valence-electron chi connectivity index (χ2n) is 7.86. The van der Waals surface area contributed by atoms with Crippen LogP contribution in [0.1, 0.15) is 27.2 Å². The van der Waals surface area contributed by atoms with Crippen LogP contribution in [0.25, 0.3) is 22.2 Å². The molecule has 2 aromatic heterocycles. The summed E-state index contributed by atoms with van der Waals surface area (Å²) >= 11 is 1.37. The van der Waals surface area contributed by atoms with Gasteiger partial charge in [0.1, 0.15) is 0 Å². The lowest BCUT2D eigenvalue weighted by atomic mass is 10.00. The van der Waals surface area contributed by atoms with Crippen molar-refractivity contribution in [3.05, 3.63) is 82.7 Å². The third-order valence-corrected chi connectivity index (χ3v) is 6.72. The van der Waals surface area contributed by atoms with Crippen molar-refractivity contribution >= 4 is 17.2 Å². The van der Waals surface area contributed by atoms with E-state index in [1.807, 2.05) is 42.5 Å². The largest absolute Gasteiger partial charge is 0.351 e. The fourth-order valence-corrected chi connectivity index (χ4v) is 4.79. The smallest absolute Gasteiger partial charge is 0.261 e. The van der Waals surface area contributed by atoms with Crippen LogP contribution in [0.4, 0.5) is 0 Å². The highest BCUT2D eigenvalue weighted by atomic mass is 32.1. The van der Waals surface area contributed by atoms with Crippen LogP contribution < -0.4 is 5.32 Å². The summed E-state index contributed by atoms with van der Waals surface area (Å²) < 4.78 is 5.37. The summed E-state index contributed by atoms with van der Waals surface area (Å²) in [5.41, 5.74) is 3.76. The lowest BCUT2D eigenvalue weighted by Gasteiger charge is -2.28. The molecule has 0 aliphatic carbocycles. The zero-order valence-electron chi connectivity index (χ0n) is 17.7. The molecule has 1 N–H and O–H groups in total. The molecule has 0 spiro atoms. The van der Waals surface area contributed by atoms with Gasteiger partial charge >= 0.3 is 0 Å². The Balaban J connectivity index is 1.11. The zero-order valence-corrected chi connectivity index (χ0v) is 18.5. The summed E-state index contributed by atoms with van der Waals surface area (Å²) in [6, 6.07) is 22.0. The predicted molar refractivity (Wildman–Crippen MR) is 125 cm³/mol. The lowest BCUT2D eigenvalue weighted by molar-refractivity contribution is 0.0955. The summed E-state index contributed by atoms with van der Waals surface area (Å²) in [6.45, 7) is 3.71. The predicted octanol–water partition coefficient (Wildman–Crippen LogP) is 4.64. The summed E-state index contributed by atoms with van der Waals surface area (Å²) in [5.74, 6) is 0.913. The van der Waals surface area contributed by atoms with E-state index in [-0.39, 0.29) is 5.91 Å². The Bertz CT molecular complexity index is 1200. The van der Waals surface area contributed by atoms with E-state index in [4.69, 9.17) is 4.52 Å².